The van der Waals surface area contributed by atoms with Gasteiger partial charge in [0, 0.05) is 12.5 Å². The molecule has 0 N–H and O–H groups in total. The molecule has 1 aromatic heterocycles. The van der Waals surface area contributed by atoms with Gasteiger partial charge in [-0.1, -0.05) is 26.0 Å². The van der Waals surface area contributed by atoms with E-state index < -0.39 is 0 Å². The molecule has 4 aromatic rings. The molecule has 0 amide bonds. The third kappa shape index (κ3) is 5.20. The summed E-state index contributed by atoms with van der Waals surface area (Å²) in [5.41, 5.74) is 3.86. The molecule has 4 rings (SSSR count). The highest BCUT2D eigenvalue weighted by Crippen LogP contribution is 2.34. The fraction of sp³-hybridized carbons (Fsp3) is 0.241. The largest absolute Gasteiger partial charge is 0.494 e. The Morgan fingerprint density at radius 3 is 2.50 bits per heavy atom. The van der Waals surface area contributed by atoms with Crippen molar-refractivity contribution in [3.8, 4) is 22.9 Å². The van der Waals surface area contributed by atoms with Gasteiger partial charge in [-0.15, -0.1) is 0 Å². The minimum absolute atomic E-state index is 0.214. The Morgan fingerprint density at radius 1 is 1.11 bits per heavy atom. The van der Waals surface area contributed by atoms with Crippen LogP contribution in [0.5, 0.6) is 11.5 Å². The van der Waals surface area contributed by atoms with Crippen LogP contribution in [-0.4, -0.2) is 28.5 Å². The molecule has 0 spiro atoms. The lowest BCUT2D eigenvalue weighted by Gasteiger charge is -2.18. The summed E-state index contributed by atoms with van der Waals surface area (Å²) >= 11 is 0. The average molecular weight is 484 g/mol. The summed E-state index contributed by atoms with van der Waals surface area (Å²) in [5.74, 6) is 1.55. The van der Waals surface area contributed by atoms with Gasteiger partial charge in [0.05, 0.1) is 23.7 Å². The van der Waals surface area contributed by atoms with E-state index in [-0.39, 0.29) is 17.4 Å². The fourth-order valence-electron chi connectivity index (χ4n) is 3.99. The molecule has 0 fully saturated rings. The van der Waals surface area contributed by atoms with Gasteiger partial charge in [-0.25, -0.2) is 4.98 Å². The van der Waals surface area contributed by atoms with Crippen LogP contribution in [-0.2, 0) is 4.79 Å². The van der Waals surface area contributed by atoms with Crippen LogP contribution in [0.1, 0.15) is 50.3 Å². The first-order valence-corrected chi connectivity index (χ1v) is 11.9. The van der Waals surface area contributed by atoms with E-state index in [4.69, 9.17) is 14.5 Å². The lowest BCUT2D eigenvalue weighted by molar-refractivity contribution is -0.131. The molecule has 0 bridgehead atoms. The third-order valence-electron chi connectivity index (χ3n) is 5.74. The molecule has 0 atom stereocenters. The van der Waals surface area contributed by atoms with E-state index in [1.54, 1.807) is 36.5 Å². The van der Waals surface area contributed by atoms with Crippen molar-refractivity contribution in [1.82, 2.24) is 9.66 Å². The number of para-hydroxylation sites is 1. The highest BCUT2D eigenvalue weighted by molar-refractivity contribution is 5.82. The standard InChI is InChI=1S/C29H29N3O4/c1-6-35-27-15-19(4)25(16-24(27)18(2)3)28-31-26-10-8-7-9-23(26)29(34)32(28)30-17-21-11-13-22(14-12-21)36-20(5)33/h7-18H,6H2,1-5H3. The van der Waals surface area contributed by atoms with Crippen LogP contribution in [0, 0.1) is 6.92 Å². The number of hydrogen-bond acceptors (Lipinski definition) is 6. The van der Waals surface area contributed by atoms with Crippen LogP contribution in [0.4, 0.5) is 0 Å². The van der Waals surface area contributed by atoms with Gasteiger partial charge in [0.2, 0.25) is 0 Å². The lowest BCUT2D eigenvalue weighted by atomic mass is 9.96. The molecule has 0 aliphatic heterocycles. The molecule has 7 nitrogen and oxygen atoms in total. The molecule has 7 heteroatoms. The van der Waals surface area contributed by atoms with Crippen LogP contribution >= 0.6 is 0 Å². The zero-order valence-electron chi connectivity index (χ0n) is 21.1. The van der Waals surface area contributed by atoms with Crippen molar-refractivity contribution in [3.63, 3.8) is 0 Å². The second-order valence-electron chi connectivity index (χ2n) is 8.77. The second-order valence-corrected chi connectivity index (χ2v) is 8.77. The molecule has 0 saturated carbocycles. The van der Waals surface area contributed by atoms with E-state index in [2.05, 4.69) is 18.9 Å². The van der Waals surface area contributed by atoms with E-state index in [9.17, 15) is 9.59 Å². The van der Waals surface area contributed by atoms with Gasteiger partial charge in [0.15, 0.2) is 5.82 Å². The SMILES string of the molecule is CCOc1cc(C)c(-c2nc3ccccc3c(=O)n2N=Cc2ccc(OC(C)=O)cc2)cc1C(C)C. The Kier molecular flexibility index (Phi) is 7.29. The van der Waals surface area contributed by atoms with Gasteiger partial charge in [0.25, 0.3) is 5.56 Å². The zero-order valence-corrected chi connectivity index (χ0v) is 21.1. The van der Waals surface area contributed by atoms with Crippen molar-refractivity contribution in [3.05, 3.63) is 87.7 Å². The summed E-state index contributed by atoms with van der Waals surface area (Å²) in [6, 6.07) is 18.2. The van der Waals surface area contributed by atoms with Crippen LogP contribution in [0.3, 0.4) is 0 Å². The molecule has 0 unspecified atom stereocenters. The topological polar surface area (TPSA) is 82.8 Å². The Hall–Kier alpha value is -4.26. The van der Waals surface area contributed by atoms with Crippen molar-refractivity contribution < 1.29 is 14.3 Å². The molecule has 0 saturated heterocycles. The van der Waals surface area contributed by atoms with E-state index >= 15 is 0 Å². The molecule has 184 valence electrons. The van der Waals surface area contributed by atoms with E-state index in [0.717, 1.165) is 28.0 Å². The number of rotatable bonds is 7. The summed E-state index contributed by atoms with van der Waals surface area (Å²) in [5, 5.41) is 5.03. The number of aryl methyl sites for hydroxylation is 1. The number of nitrogens with zero attached hydrogens (tertiary/aromatic N) is 3. The predicted molar refractivity (Wildman–Crippen MR) is 142 cm³/mol. The molecule has 0 radical (unpaired) electrons. The average Bonchev–Trinajstić information content (AvgIpc) is 2.84. The van der Waals surface area contributed by atoms with Gasteiger partial charge in [-0.3, -0.25) is 9.59 Å². The number of hydrogen-bond donors (Lipinski definition) is 0. The number of benzene rings is 3. The normalized spacial score (nSPS) is 11.4. The highest BCUT2D eigenvalue weighted by Gasteiger charge is 2.18. The maximum absolute atomic E-state index is 13.5. The number of carbonyl (C=O) groups excluding carboxylic acids is 1. The number of fused-ring (bicyclic) bond motifs is 1. The number of esters is 1. The molecular formula is C29H29N3O4. The smallest absolute Gasteiger partial charge is 0.308 e. The van der Waals surface area contributed by atoms with Gasteiger partial charge >= 0.3 is 5.97 Å². The third-order valence-corrected chi connectivity index (χ3v) is 5.74. The van der Waals surface area contributed by atoms with E-state index in [1.807, 2.05) is 44.2 Å². The summed E-state index contributed by atoms with van der Waals surface area (Å²) in [7, 11) is 0. The lowest BCUT2D eigenvalue weighted by Crippen LogP contribution is -2.20. The summed E-state index contributed by atoms with van der Waals surface area (Å²) < 4.78 is 12.3. The Balaban J connectivity index is 1.88. The summed E-state index contributed by atoms with van der Waals surface area (Å²) in [4.78, 5) is 29.6. The van der Waals surface area contributed by atoms with Crippen molar-refractivity contribution in [2.45, 2.75) is 40.5 Å². The van der Waals surface area contributed by atoms with Crippen LogP contribution < -0.4 is 15.0 Å². The zero-order chi connectivity index (χ0) is 25.8. The van der Waals surface area contributed by atoms with Gasteiger partial charge < -0.3 is 9.47 Å². The maximum atomic E-state index is 13.5. The van der Waals surface area contributed by atoms with E-state index in [1.165, 1.54) is 11.6 Å². The van der Waals surface area contributed by atoms with Gasteiger partial charge in [0.1, 0.15) is 11.5 Å². The molecule has 0 aliphatic rings. The minimum atomic E-state index is -0.388. The Morgan fingerprint density at radius 2 is 1.83 bits per heavy atom. The van der Waals surface area contributed by atoms with Crippen molar-refractivity contribution in [2.75, 3.05) is 6.61 Å². The number of ether oxygens (including phenoxy) is 2. The highest BCUT2D eigenvalue weighted by atomic mass is 16.5. The maximum Gasteiger partial charge on any atom is 0.308 e. The predicted octanol–water partition coefficient (Wildman–Crippen LogP) is 5.70. The van der Waals surface area contributed by atoms with Gasteiger partial charge in [-0.2, -0.15) is 9.78 Å². The van der Waals surface area contributed by atoms with Crippen molar-refractivity contribution in [2.24, 2.45) is 5.10 Å². The fourth-order valence-corrected chi connectivity index (χ4v) is 3.99. The quantitative estimate of drug-likeness (QED) is 0.191. The van der Waals surface area contributed by atoms with E-state index in [0.29, 0.717) is 29.1 Å². The first-order valence-electron chi connectivity index (χ1n) is 11.9. The molecule has 3 aromatic carbocycles. The summed E-state index contributed by atoms with van der Waals surface area (Å²) in [6.07, 6.45) is 1.59. The Bertz CT molecular complexity index is 1500. The molecule has 36 heavy (non-hydrogen) atoms. The second kappa shape index (κ2) is 10.6. The number of carbonyl (C=O) groups is 1. The van der Waals surface area contributed by atoms with Crippen LogP contribution in [0.15, 0.2) is 70.6 Å². The molecule has 1 heterocycles. The van der Waals surface area contributed by atoms with Crippen LogP contribution in [0.25, 0.3) is 22.3 Å². The van der Waals surface area contributed by atoms with Crippen LogP contribution in [0.2, 0.25) is 0 Å². The first kappa shape index (κ1) is 24.9. The van der Waals surface area contributed by atoms with Crippen molar-refractivity contribution in [1.29, 1.82) is 0 Å². The minimum Gasteiger partial charge on any atom is -0.494 e. The molecule has 0 aliphatic carbocycles. The van der Waals surface area contributed by atoms with Crippen molar-refractivity contribution >= 4 is 23.1 Å². The summed E-state index contributed by atoms with van der Waals surface area (Å²) in [6.45, 7) is 10.1. The molecular weight excluding hydrogens is 454 g/mol. The monoisotopic (exact) mass is 483 g/mol. The Labute approximate surface area is 210 Å². The first-order chi connectivity index (χ1) is 17.3. The van der Waals surface area contributed by atoms with Gasteiger partial charge in [-0.05, 0) is 85.0 Å². The number of aromatic nitrogens is 2.